The van der Waals surface area contributed by atoms with Gasteiger partial charge in [0.1, 0.15) is 0 Å². The summed E-state index contributed by atoms with van der Waals surface area (Å²) in [4.78, 5) is 27.2. The summed E-state index contributed by atoms with van der Waals surface area (Å²) in [5.41, 5.74) is 0.455. The summed E-state index contributed by atoms with van der Waals surface area (Å²) in [6.45, 7) is 0.629. The van der Waals surface area contributed by atoms with Gasteiger partial charge in [0.2, 0.25) is 0 Å². The van der Waals surface area contributed by atoms with Crippen molar-refractivity contribution in [3.8, 4) is 0 Å². The Morgan fingerprint density at radius 1 is 1.20 bits per heavy atom. The fraction of sp³-hybridized carbons (Fsp3) is 0.154. The molecule has 0 spiro atoms. The zero-order chi connectivity index (χ0) is 14.4. The van der Waals surface area contributed by atoms with E-state index in [1.54, 1.807) is 24.4 Å². The summed E-state index contributed by atoms with van der Waals surface area (Å²) in [6.07, 6.45) is 4.50. The predicted molar refractivity (Wildman–Crippen MR) is 75.3 cm³/mol. The zero-order valence-corrected chi connectivity index (χ0v) is 12.0. The van der Waals surface area contributed by atoms with Crippen molar-refractivity contribution >= 4 is 27.7 Å². The number of hydrogen-bond donors (Lipinski definition) is 2. The Bertz CT molecular complexity index is 599. The molecule has 2 aromatic rings. The minimum Gasteiger partial charge on any atom is -0.459 e. The quantitative estimate of drug-likeness (QED) is 0.811. The van der Waals surface area contributed by atoms with E-state index in [1.807, 2.05) is 0 Å². The maximum absolute atomic E-state index is 11.8. The number of hydrogen-bond acceptors (Lipinski definition) is 4. The smallest absolute Gasteiger partial charge is 0.287 e. The van der Waals surface area contributed by atoms with Gasteiger partial charge < -0.3 is 15.1 Å². The van der Waals surface area contributed by atoms with E-state index in [-0.39, 0.29) is 17.6 Å². The van der Waals surface area contributed by atoms with E-state index in [2.05, 4.69) is 31.5 Å². The molecule has 0 radical (unpaired) electrons. The van der Waals surface area contributed by atoms with Crippen LogP contribution in [0, 0.1) is 0 Å². The third-order valence-corrected chi connectivity index (χ3v) is 2.84. The van der Waals surface area contributed by atoms with Gasteiger partial charge in [-0.15, -0.1) is 0 Å². The highest BCUT2D eigenvalue weighted by Crippen LogP contribution is 2.09. The van der Waals surface area contributed by atoms with Crippen LogP contribution in [-0.2, 0) is 0 Å². The van der Waals surface area contributed by atoms with Crippen LogP contribution < -0.4 is 10.6 Å². The number of nitrogens with one attached hydrogen (secondary N) is 2. The van der Waals surface area contributed by atoms with Crippen molar-refractivity contribution in [1.82, 2.24) is 15.6 Å². The lowest BCUT2D eigenvalue weighted by Gasteiger charge is -2.06. The van der Waals surface area contributed by atoms with Gasteiger partial charge in [-0.3, -0.25) is 14.6 Å². The molecule has 2 amide bonds. The number of furan rings is 1. The van der Waals surface area contributed by atoms with Gasteiger partial charge in [-0.1, -0.05) is 0 Å². The molecule has 0 saturated carbocycles. The van der Waals surface area contributed by atoms with E-state index in [0.29, 0.717) is 18.7 Å². The maximum Gasteiger partial charge on any atom is 0.287 e. The van der Waals surface area contributed by atoms with Gasteiger partial charge in [0.15, 0.2) is 5.76 Å². The van der Waals surface area contributed by atoms with Gasteiger partial charge in [0.25, 0.3) is 11.8 Å². The minimum absolute atomic E-state index is 0.243. The van der Waals surface area contributed by atoms with E-state index in [0.717, 1.165) is 4.47 Å². The van der Waals surface area contributed by atoms with Crippen molar-refractivity contribution in [3.05, 3.63) is 52.7 Å². The number of carbonyl (C=O) groups is 2. The highest BCUT2D eigenvalue weighted by atomic mass is 79.9. The summed E-state index contributed by atoms with van der Waals surface area (Å²) >= 11 is 3.24. The molecule has 0 aliphatic heterocycles. The largest absolute Gasteiger partial charge is 0.459 e. The fourth-order valence-corrected chi connectivity index (χ4v) is 1.85. The number of amides is 2. The molecule has 0 aliphatic rings. The number of halogens is 1. The molecule has 0 atom stereocenters. The topological polar surface area (TPSA) is 84.2 Å². The van der Waals surface area contributed by atoms with Crippen LogP contribution in [-0.4, -0.2) is 29.9 Å². The molecule has 7 heteroatoms. The molecule has 2 heterocycles. The van der Waals surface area contributed by atoms with E-state index in [1.165, 1.54) is 12.5 Å². The second-order valence-corrected chi connectivity index (χ2v) is 4.80. The molecule has 2 rings (SSSR count). The number of rotatable bonds is 5. The van der Waals surface area contributed by atoms with E-state index in [9.17, 15) is 9.59 Å². The summed E-state index contributed by atoms with van der Waals surface area (Å²) < 4.78 is 5.68. The normalized spacial score (nSPS) is 10.1. The van der Waals surface area contributed by atoms with Crippen LogP contribution in [0.1, 0.15) is 20.9 Å². The van der Waals surface area contributed by atoms with E-state index in [4.69, 9.17) is 4.42 Å². The van der Waals surface area contributed by atoms with Gasteiger partial charge in [-0.05, 0) is 34.1 Å². The van der Waals surface area contributed by atoms with Gasteiger partial charge in [-0.2, -0.15) is 0 Å². The summed E-state index contributed by atoms with van der Waals surface area (Å²) in [5, 5.41) is 5.31. The first-order chi connectivity index (χ1) is 9.66. The second-order valence-electron chi connectivity index (χ2n) is 3.88. The number of pyridine rings is 1. The van der Waals surface area contributed by atoms with Gasteiger partial charge in [0.05, 0.1) is 11.8 Å². The maximum atomic E-state index is 11.8. The minimum atomic E-state index is -0.312. The molecule has 2 N–H and O–H groups in total. The Hall–Kier alpha value is -2.15. The molecular weight excluding hydrogens is 326 g/mol. The molecule has 104 valence electrons. The van der Waals surface area contributed by atoms with Gasteiger partial charge in [-0.25, -0.2) is 0 Å². The third-order valence-electron chi connectivity index (χ3n) is 2.41. The molecule has 0 fully saturated rings. The highest BCUT2D eigenvalue weighted by Gasteiger charge is 2.08. The first kappa shape index (κ1) is 14.3. The zero-order valence-electron chi connectivity index (χ0n) is 10.4. The second kappa shape index (κ2) is 6.85. The Morgan fingerprint density at radius 2 is 1.95 bits per heavy atom. The van der Waals surface area contributed by atoms with Crippen molar-refractivity contribution in [2.75, 3.05) is 13.1 Å². The van der Waals surface area contributed by atoms with Crippen molar-refractivity contribution < 1.29 is 14.0 Å². The highest BCUT2D eigenvalue weighted by molar-refractivity contribution is 9.10. The van der Waals surface area contributed by atoms with Crippen LogP contribution in [0.4, 0.5) is 0 Å². The van der Waals surface area contributed by atoms with Crippen LogP contribution in [0.3, 0.4) is 0 Å². The summed E-state index contributed by atoms with van der Waals surface area (Å²) in [7, 11) is 0. The van der Waals surface area contributed by atoms with E-state index >= 15 is 0 Å². The van der Waals surface area contributed by atoms with Gasteiger partial charge >= 0.3 is 0 Å². The molecule has 2 aromatic heterocycles. The number of aromatic nitrogens is 1. The van der Waals surface area contributed by atoms with Crippen molar-refractivity contribution in [3.63, 3.8) is 0 Å². The van der Waals surface area contributed by atoms with Crippen molar-refractivity contribution in [2.24, 2.45) is 0 Å². The molecule has 6 nitrogen and oxygen atoms in total. The Labute approximate surface area is 123 Å². The molecule has 0 aliphatic carbocycles. The lowest BCUT2D eigenvalue weighted by molar-refractivity contribution is 0.0910. The average Bonchev–Trinajstić information content (AvgIpc) is 2.97. The van der Waals surface area contributed by atoms with Crippen LogP contribution in [0.25, 0.3) is 0 Å². The number of nitrogens with zero attached hydrogens (tertiary/aromatic N) is 1. The summed E-state index contributed by atoms with van der Waals surface area (Å²) in [5.74, 6) is -0.313. The Kier molecular flexibility index (Phi) is 4.89. The fourth-order valence-electron chi connectivity index (χ4n) is 1.49. The van der Waals surface area contributed by atoms with Crippen molar-refractivity contribution in [1.29, 1.82) is 0 Å². The lowest BCUT2D eigenvalue weighted by Crippen LogP contribution is -2.34. The Balaban J connectivity index is 1.73. The molecular formula is C13H12BrN3O3. The first-order valence-corrected chi connectivity index (χ1v) is 6.66. The van der Waals surface area contributed by atoms with Crippen LogP contribution in [0.2, 0.25) is 0 Å². The molecule has 0 saturated heterocycles. The van der Waals surface area contributed by atoms with Crippen LogP contribution in [0.15, 0.2) is 45.7 Å². The van der Waals surface area contributed by atoms with E-state index < -0.39 is 0 Å². The molecule has 20 heavy (non-hydrogen) atoms. The first-order valence-electron chi connectivity index (χ1n) is 5.87. The lowest BCUT2D eigenvalue weighted by atomic mass is 10.3. The van der Waals surface area contributed by atoms with Crippen LogP contribution >= 0.6 is 15.9 Å². The average molecular weight is 338 g/mol. The van der Waals surface area contributed by atoms with Crippen LogP contribution in [0.5, 0.6) is 0 Å². The molecule has 0 bridgehead atoms. The predicted octanol–water partition coefficient (Wildman–Crippen LogP) is 1.60. The van der Waals surface area contributed by atoms with Gasteiger partial charge in [0, 0.05) is 30.0 Å². The molecule has 0 unspecified atom stereocenters. The Morgan fingerprint density at radius 3 is 2.60 bits per heavy atom. The third kappa shape index (κ3) is 3.92. The van der Waals surface area contributed by atoms with Crippen molar-refractivity contribution in [2.45, 2.75) is 0 Å². The standard InChI is InChI=1S/C13H12BrN3O3/c14-10-6-9(7-15-8-10)12(18)16-3-4-17-13(19)11-2-1-5-20-11/h1-2,5-8H,3-4H2,(H,16,18)(H,17,19). The summed E-state index contributed by atoms with van der Waals surface area (Å²) in [6, 6.07) is 4.88. The number of carbonyl (C=O) groups excluding carboxylic acids is 2. The SMILES string of the molecule is O=C(NCCNC(=O)c1ccco1)c1cncc(Br)c1. The molecule has 0 aromatic carbocycles. The monoisotopic (exact) mass is 337 g/mol.